The molecule has 106 valence electrons. The van der Waals surface area contributed by atoms with Gasteiger partial charge in [-0.2, -0.15) is 0 Å². The molecule has 2 rings (SSSR count). The van der Waals surface area contributed by atoms with Gasteiger partial charge in [-0.1, -0.05) is 28.8 Å². The summed E-state index contributed by atoms with van der Waals surface area (Å²) in [7, 11) is 0. The Morgan fingerprint density at radius 2 is 2.21 bits per heavy atom. The molecule has 2 unspecified atom stereocenters. The number of benzene rings is 1. The molecular formula is C15H23BrN2O. The molecule has 0 spiro atoms. The Bertz CT molecular complexity index is 423. The Morgan fingerprint density at radius 1 is 1.42 bits per heavy atom. The highest BCUT2D eigenvalue weighted by atomic mass is 79.9. The molecule has 4 heteroatoms. The van der Waals surface area contributed by atoms with E-state index in [0.29, 0.717) is 0 Å². The molecule has 19 heavy (non-hydrogen) atoms. The SMILES string of the molecule is CC(N)c1cc(Br)ccc1N1CCCCCC1CO. The highest BCUT2D eigenvalue weighted by molar-refractivity contribution is 9.10. The van der Waals surface area contributed by atoms with Crippen LogP contribution in [0.25, 0.3) is 0 Å². The first kappa shape index (κ1) is 14.8. The van der Waals surface area contributed by atoms with Gasteiger partial charge >= 0.3 is 0 Å². The van der Waals surface area contributed by atoms with Gasteiger partial charge < -0.3 is 15.7 Å². The van der Waals surface area contributed by atoms with Crippen molar-refractivity contribution in [1.29, 1.82) is 0 Å². The van der Waals surface area contributed by atoms with Gasteiger partial charge in [-0.25, -0.2) is 0 Å². The summed E-state index contributed by atoms with van der Waals surface area (Å²) >= 11 is 3.51. The van der Waals surface area contributed by atoms with Crippen LogP contribution < -0.4 is 10.6 Å². The number of aliphatic hydroxyl groups excluding tert-OH is 1. The van der Waals surface area contributed by atoms with E-state index in [1.807, 2.05) is 6.92 Å². The third-order valence-electron chi connectivity index (χ3n) is 3.88. The quantitative estimate of drug-likeness (QED) is 0.896. The van der Waals surface area contributed by atoms with Crippen molar-refractivity contribution in [2.45, 2.75) is 44.7 Å². The Morgan fingerprint density at radius 3 is 2.89 bits per heavy atom. The zero-order valence-electron chi connectivity index (χ0n) is 11.5. The van der Waals surface area contributed by atoms with Gasteiger partial charge in [-0.05, 0) is 43.5 Å². The molecule has 1 fully saturated rings. The van der Waals surface area contributed by atoms with Crippen molar-refractivity contribution in [2.75, 3.05) is 18.1 Å². The third-order valence-corrected chi connectivity index (χ3v) is 4.37. The molecule has 1 heterocycles. The smallest absolute Gasteiger partial charge is 0.0635 e. The topological polar surface area (TPSA) is 49.5 Å². The Balaban J connectivity index is 2.37. The van der Waals surface area contributed by atoms with Crippen molar-refractivity contribution in [2.24, 2.45) is 5.73 Å². The summed E-state index contributed by atoms with van der Waals surface area (Å²) in [5, 5.41) is 9.65. The molecule has 1 saturated heterocycles. The fraction of sp³-hybridized carbons (Fsp3) is 0.600. The number of halogens is 1. The molecule has 0 radical (unpaired) electrons. The second kappa shape index (κ2) is 6.73. The Kier molecular flexibility index (Phi) is 5.25. The molecule has 3 nitrogen and oxygen atoms in total. The number of nitrogens with zero attached hydrogens (tertiary/aromatic N) is 1. The van der Waals surface area contributed by atoms with Gasteiger partial charge in [0.2, 0.25) is 0 Å². The summed E-state index contributed by atoms with van der Waals surface area (Å²) < 4.78 is 1.05. The molecule has 3 N–H and O–H groups in total. The van der Waals surface area contributed by atoms with Crippen molar-refractivity contribution in [3.05, 3.63) is 28.2 Å². The molecule has 0 saturated carbocycles. The monoisotopic (exact) mass is 326 g/mol. The predicted octanol–water partition coefficient (Wildman–Crippen LogP) is 3.21. The van der Waals surface area contributed by atoms with Gasteiger partial charge in [0.05, 0.1) is 12.6 Å². The summed E-state index contributed by atoms with van der Waals surface area (Å²) in [6.45, 7) is 3.23. The number of aliphatic hydroxyl groups is 1. The maximum absolute atomic E-state index is 9.65. The van der Waals surface area contributed by atoms with Crippen LogP contribution in [0.1, 0.15) is 44.2 Å². The Labute approximate surface area is 123 Å². The first-order valence-electron chi connectivity index (χ1n) is 7.06. The number of hydrogen-bond donors (Lipinski definition) is 2. The lowest BCUT2D eigenvalue weighted by Gasteiger charge is -2.33. The van der Waals surface area contributed by atoms with E-state index in [1.54, 1.807) is 0 Å². The van der Waals surface area contributed by atoms with Gasteiger partial charge in [-0.15, -0.1) is 0 Å². The van der Waals surface area contributed by atoms with Crippen LogP contribution in [0.15, 0.2) is 22.7 Å². The molecule has 0 aromatic heterocycles. The lowest BCUT2D eigenvalue weighted by Crippen LogP contribution is -2.38. The van der Waals surface area contributed by atoms with E-state index in [1.165, 1.54) is 24.9 Å². The summed E-state index contributed by atoms with van der Waals surface area (Å²) in [6.07, 6.45) is 4.69. The Hall–Kier alpha value is -0.580. The molecule has 1 aliphatic heterocycles. The predicted molar refractivity (Wildman–Crippen MR) is 83.4 cm³/mol. The summed E-state index contributed by atoms with van der Waals surface area (Å²) in [6, 6.07) is 6.49. The van der Waals surface area contributed by atoms with Crippen molar-refractivity contribution in [3.8, 4) is 0 Å². The van der Waals surface area contributed by atoms with Crippen LogP contribution in [0, 0.1) is 0 Å². The molecule has 1 aromatic rings. The zero-order chi connectivity index (χ0) is 13.8. The van der Waals surface area contributed by atoms with Crippen LogP contribution in [0.3, 0.4) is 0 Å². The number of hydrogen-bond acceptors (Lipinski definition) is 3. The van der Waals surface area contributed by atoms with E-state index < -0.39 is 0 Å². The minimum Gasteiger partial charge on any atom is -0.394 e. The van der Waals surface area contributed by atoms with Gasteiger partial charge in [0, 0.05) is 22.7 Å². The second-order valence-corrected chi connectivity index (χ2v) is 6.29. The summed E-state index contributed by atoms with van der Waals surface area (Å²) in [5.74, 6) is 0. The van der Waals surface area contributed by atoms with Crippen LogP contribution in [-0.2, 0) is 0 Å². The van der Waals surface area contributed by atoms with E-state index in [-0.39, 0.29) is 18.7 Å². The lowest BCUT2D eigenvalue weighted by molar-refractivity contribution is 0.255. The van der Waals surface area contributed by atoms with Crippen LogP contribution >= 0.6 is 15.9 Å². The molecule has 0 amide bonds. The highest BCUT2D eigenvalue weighted by Crippen LogP contribution is 2.32. The molecule has 1 aromatic carbocycles. The summed E-state index contributed by atoms with van der Waals surface area (Å²) in [5.41, 5.74) is 8.43. The highest BCUT2D eigenvalue weighted by Gasteiger charge is 2.23. The average molecular weight is 327 g/mol. The first-order chi connectivity index (χ1) is 9.13. The summed E-state index contributed by atoms with van der Waals surface area (Å²) in [4.78, 5) is 2.35. The average Bonchev–Trinajstić information content (AvgIpc) is 2.63. The fourth-order valence-electron chi connectivity index (χ4n) is 2.84. The van der Waals surface area contributed by atoms with Crippen LogP contribution in [0.5, 0.6) is 0 Å². The number of nitrogens with two attached hydrogens (primary N) is 1. The minimum absolute atomic E-state index is 0.00454. The normalized spacial score (nSPS) is 22.1. The molecule has 0 aliphatic carbocycles. The number of anilines is 1. The van der Waals surface area contributed by atoms with Crippen molar-refractivity contribution < 1.29 is 5.11 Å². The zero-order valence-corrected chi connectivity index (χ0v) is 13.1. The van der Waals surface area contributed by atoms with E-state index in [4.69, 9.17) is 5.73 Å². The second-order valence-electron chi connectivity index (χ2n) is 5.37. The van der Waals surface area contributed by atoms with E-state index >= 15 is 0 Å². The lowest BCUT2D eigenvalue weighted by atomic mass is 10.0. The minimum atomic E-state index is -0.00454. The third kappa shape index (κ3) is 3.50. The maximum Gasteiger partial charge on any atom is 0.0635 e. The molecule has 1 aliphatic rings. The van der Waals surface area contributed by atoms with E-state index in [2.05, 4.69) is 39.0 Å². The molecular weight excluding hydrogens is 304 g/mol. The van der Waals surface area contributed by atoms with Gasteiger partial charge in [0.25, 0.3) is 0 Å². The first-order valence-corrected chi connectivity index (χ1v) is 7.85. The van der Waals surface area contributed by atoms with Gasteiger partial charge in [-0.3, -0.25) is 0 Å². The van der Waals surface area contributed by atoms with Crippen molar-refractivity contribution in [1.82, 2.24) is 0 Å². The maximum atomic E-state index is 9.65. The van der Waals surface area contributed by atoms with Crippen molar-refractivity contribution >= 4 is 21.6 Å². The fourth-order valence-corrected chi connectivity index (χ4v) is 3.21. The molecule has 2 atom stereocenters. The van der Waals surface area contributed by atoms with Gasteiger partial charge in [0.15, 0.2) is 0 Å². The van der Waals surface area contributed by atoms with E-state index in [0.717, 1.165) is 23.0 Å². The standard InChI is InChI=1S/C15H23BrN2O/c1-11(17)14-9-12(16)6-7-15(14)18-8-4-2-3-5-13(18)10-19/h6-7,9,11,13,19H,2-5,8,10,17H2,1H3. The van der Waals surface area contributed by atoms with Crippen LogP contribution in [0.4, 0.5) is 5.69 Å². The molecule has 0 bridgehead atoms. The van der Waals surface area contributed by atoms with E-state index in [9.17, 15) is 5.11 Å². The largest absolute Gasteiger partial charge is 0.394 e. The van der Waals surface area contributed by atoms with Crippen LogP contribution in [-0.4, -0.2) is 24.3 Å². The van der Waals surface area contributed by atoms with Crippen molar-refractivity contribution in [3.63, 3.8) is 0 Å². The van der Waals surface area contributed by atoms with Crippen LogP contribution in [0.2, 0.25) is 0 Å². The van der Waals surface area contributed by atoms with Gasteiger partial charge in [0.1, 0.15) is 0 Å². The number of rotatable bonds is 3.